The van der Waals surface area contributed by atoms with Gasteiger partial charge in [-0.05, 0) is 60.4 Å². The van der Waals surface area contributed by atoms with E-state index in [-0.39, 0.29) is 6.61 Å². The number of aliphatic hydroxyl groups is 2. The molecule has 0 aliphatic carbocycles. The highest BCUT2D eigenvalue weighted by molar-refractivity contribution is 5.90. The molecular weight excluding hydrogens is 442 g/mol. The second-order valence-electron chi connectivity index (χ2n) is 8.81. The van der Waals surface area contributed by atoms with Gasteiger partial charge in [-0.15, -0.1) is 0 Å². The summed E-state index contributed by atoms with van der Waals surface area (Å²) in [6.07, 6.45) is 12.1. The van der Waals surface area contributed by atoms with Gasteiger partial charge in [0.25, 0.3) is 0 Å². The normalized spacial score (nSPS) is 12.9. The maximum atomic E-state index is 9.87. The highest BCUT2D eigenvalue weighted by atomic mass is 16.6. The van der Waals surface area contributed by atoms with E-state index in [0.29, 0.717) is 54.8 Å². The van der Waals surface area contributed by atoms with Crippen LogP contribution in [0.1, 0.15) is 74.5 Å². The number of unbranched alkanes of at least 4 members (excludes halogenated alkanes) is 8. The third-order valence-electron chi connectivity index (χ3n) is 6.10. The minimum absolute atomic E-state index is 0.151. The fraction of sp³-hybridized carbons (Fsp3) is 0.483. The van der Waals surface area contributed by atoms with Crippen LogP contribution in [0.15, 0.2) is 36.4 Å². The Bertz CT molecular complexity index is 995. The molecule has 1 aliphatic rings. The van der Waals surface area contributed by atoms with Gasteiger partial charge in [0, 0.05) is 12.2 Å². The first-order valence-electron chi connectivity index (χ1n) is 12.7. The van der Waals surface area contributed by atoms with Crippen molar-refractivity contribution in [2.24, 2.45) is 0 Å². The quantitative estimate of drug-likeness (QED) is 0.188. The average molecular weight is 480 g/mol. The summed E-state index contributed by atoms with van der Waals surface area (Å²) in [7, 11) is 0. The Kier molecular flexibility index (Phi) is 11.5. The number of benzene rings is 2. The van der Waals surface area contributed by atoms with Gasteiger partial charge in [0.2, 0.25) is 0 Å². The first kappa shape index (κ1) is 26.6. The minimum Gasteiger partial charge on any atom is -0.493 e. The first-order chi connectivity index (χ1) is 17.2. The molecule has 0 unspecified atom stereocenters. The molecule has 0 bridgehead atoms. The molecular formula is C29H37NO5. The summed E-state index contributed by atoms with van der Waals surface area (Å²) >= 11 is 0. The van der Waals surface area contributed by atoms with Crippen molar-refractivity contribution in [2.45, 2.75) is 64.4 Å². The van der Waals surface area contributed by atoms with Crippen molar-refractivity contribution in [1.29, 1.82) is 5.26 Å². The molecule has 0 saturated carbocycles. The van der Waals surface area contributed by atoms with Crippen molar-refractivity contribution in [2.75, 3.05) is 26.4 Å². The molecule has 0 spiro atoms. The second-order valence-corrected chi connectivity index (χ2v) is 8.81. The number of allylic oxidation sites excluding steroid dienone is 1. The number of nitrogens with zero attached hydrogens (tertiary/aromatic N) is 1. The molecule has 2 N–H and O–H groups in total. The number of nitriles is 1. The van der Waals surface area contributed by atoms with Gasteiger partial charge < -0.3 is 24.4 Å². The van der Waals surface area contributed by atoms with Gasteiger partial charge in [-0.2, -0.15) is 5.26 Å². The van der Waals surface area contributed by atoms with E-state index in [1.54, 1.807) is 0 Å². The van der Waals surface area contributed by atoms with Crippen LogP contribution in [0.2, 0.25) is 0 Å². The fourth-order valence-electron chi connectivity index (χ4n) is 4.14. The zero-order valence-corrected chi connectivity index (χ0v) is 20.5. The summed E-state index contributed by atoms with van der Waals surface area (Å²) in [5.74, 6) is 2.06. The third kappa shape index (κ3) is 8.61. The Morgan fingerprint density at radius 3 is 2.23 bits per heavy atom. The van der Waals surface area contributed by atoms with Gasteiger partial charge in [0.05, 0.1) is 24.9 Å². The Hall–Kier alpha value is -3.01. The van der Waals surface area contributed by atoms with Crippen molar-refractivity contribution in [3.8, 4) is 23.3 Å². The van der Waals surface area contributed by atoms with Crippen LogP contribution in [0, 0.1) is 11.3 Å². The lowest BCUT2D eigenvalue weighted by atomic mass is 10.0. The van der Waals surface area contributed by atoms with E-state index >= 15 is 0 Å². The molecule has 6 nitrogen and oxygen atoms in total. The van der Waals surface area contributed by atoms with Gasteiger partial charge in [-0.25, -0.2) is 0 Å². The van der Waals surface area contributed by atoms with Crippen molar-refractivity contribution in [3.05, 3.63) is 53.1 Å². The molecule has 2 aromatic rings. The zero-order valence-electron chi connectivity index (χ0n) is 20.5. The monoisotopic (exact) mass is 479 g/mol. The Labute approximate surface area is 208 Å². The third-order valence-corrected chi connectivity index (χ3v) is 6.10. The Morgan fingerprint density at radius 2 is 1.54 bits per heavy atom. The lowest BCUT2D eigenvalue weighted by molar-refractivity contribution is 0.171. The molecule has 3 rings (SSSR count). The summed E-state index contributed by atoms with van der Waals surface area (Å²) in [4.78, 5) is 0. The summed E-state index contributed by atoms with van der Waals surface area (Å²) in [6.45, 7) is 1.82. The molecule has 0 fully saturated rings. The van der Waals surface area contributed by atoms with Crippen molar-refractivity contribution < 1.29 is 24.4 Å². The predicted octanol–water partition coefficient (Wildman–Crippen LogP) is 5.90. The number of rotatable bonds is 15. The maximum Gasteiger partial charge on any atom is 0.161 e. The van der Waals surface area contributed by atoms with Crippen molar-refractivity contribution in [3.63, 3.8) is 0 Å². The van der Waals surface area contributed by atoms with E-state index in [1.807, 2.05) is 42.5 Å². The van der Waals surface area contributed by atoms with Crippen LogP contribution in [-0.4, -0.2) is 36.6 Å². The SMILES string of the molecule is N#CC(=Cc1ccc2c(c1)OCCO2)c1ccc(OCCCCCCCCCCCO)c(CO)c1. The van der Waals surface area contributed by atoms with E-state index < -0.39 is 0 Å². The van der Waals surface area contributed by atoms with Crippen LogP contribution in [0.3, 0.4) is 0 Å². The highest BCUT2D eigenvalue weighted by Gasteiger charge is 2.12. The molecule has 0 amide bonds. The number of ether oxygens (including phenoxy) is 3. The molecule has 2 aromatic carbocycles. The summed E-state index contributed by atoms with van der Waals surface area (Å²) in [5.41, 5.74) is 2.76. The Morgan fingerprint density at radius 1 is 0.857 bits per heavy atom. The maximum absolute atomic E-state index is 9.87. The van der Waals surface area contributed by atoms with E-state index in [9.17, 15) is 10.4 Å². The fourth-order valence-corrected chi connectivity index (χ4v) is 4.14. The van der Waals surface area contributed by atoms with Gasteiger partial charge in [-0.1, -0.05) is 51.0 Å². The van der Waals surface area contributed by atoms with Crippen molar-refractivity contribution >= 4 is 11.6 Å². The number of hydrogen-bond donors (Lipinski definition) is 2. The van der Waals surface area contributed by atoms with E-state index in [1.165, 1.54) is 32.1 Å². The van der Waals surface area contributed by atoms with Gasteiger partial charge in [-0.3, -0.25) is 0 Å². The molecule has 6 heteroatoms. The molecule has 35 heavy (non-hydrogen) atoms. The summed E-state index contributed by atoms with van der Waals surface area (Å²) < 4.78 is 17.1. The average Bonchev–Trinajstić information content (AvgIpc) is 2.90. The van der Waals surface area contributed by atoms with Crippen LogP contribution in [-0.2, 0) is 6.61 Å². The highest BCUT2D eigenvalue weighted by Crippen LogP contribution is 2.32. The van der Waals surface area contributed by atoms with E-state index in [2.05, 4.69) is 6.07 Å². The van der Waals surface area contributed by atoms with E-state index in [0.717, 1.165) is 36.8 Å². The van der Waals surface area contributed by atoms with Crippen LogP contribution in [0.4, 0.5) is 0 Å². The van der Waals surface area contributed by atoms with Gasteiger partial charge in [0.15, 0.2) is 11.5 Å². The molecule has 0 atom stereocenters. The van der Waals surface area contributed by atoms with Crippen molar-refractivity contribution in [1.82, 2.24) is 0 Å². The topological polar surface area (TPSA) is 91.9 Å². The van der Waals surface area contributed by atoms with Crippen LogP contribution < -0.4 is 14.2 Å². The number of hydrogen-bond acceptors (Lipinski definition) is 6. The molecule has 0 saturated heterocycles. The van der Waals surface area contributed by atoms with Gasteiger partial charge >= 0.3 is 0 Å². The molecule has 1 aliphatic heterocycles. The largest absolute Gasteiger partial charge is 0.493 e. The van der Waals surface area contributed by atoms with Crippen LogP contribution in [0.25, 0.3) is 11.6 Å². The number of aliphatic hydroxyl groups excluding tert-OH is 2. The molecule has 0 radical (unpaired) electrons. The summed E-state index contributed by atoms with van der Waals surface area (Å²) in [5, 5.41) is 28.4. The molecule has 188 valence electrons. The van der Waals surface area contributed by atoms with Crippen LogP contribution in [0.5, 0.6) is 17.2 Å². The number of fused-ring (bicyclic) bond motifs is 1. The van der Waals surface area contributed by atoms with Crippen LogP contribution >= 0.6 is 0 Å². The smallest absolute Gasteiger partial charge is 0.161 e. The van der Waals surface area contributed by atoms with E-state index in [4.69, 9.17) is 19.3 Å². The summed E-state index contributed by atoms with van der Waals surface area (Å²) in [6, 6.07) is 13.4. The minimum atomic E-state index is -0.151. The molecule has 1 heterocycles. The van der Waals surface area contributed by atoms with Gasteiger partial charge in [0.1, 0.15) is 19.0 Å². The zero-order chi connectivity index (χ0) is 24.7. The Balaban J connectivity index is 1.49. The predicted molar refractivity (Wildman–Crippen MR) is 137 cm³/mol. The lowest BCUT2D eigenvalue weighted by Crippen LogP contribution is -2.15. The standard InChI is InChI=1S/C29H37NO5/c30-21-25(18-23-10-12-28-29(19-23)35-17-16-34-28)24-11-13-27(26(20-24)22-32)33-15-9-7-5-3-1-2-4-6-8-14-31/h10-13,18-20,31-32H,1-9,14-17,22H2. The first-order valence-corrected chi connectivity index (χ1v) is 12.7. The lowest BCUT2D eigenvalue weighted by Gasteiger charge is -2.18. The molecule has 0 aromatic heterocycles. The second kappa shape index (κ2) is 15.1.